The standard InChI is InChI=1S/C34H44O5/c1-4-6-8-9-10-11-25-37-31-18-16-29(17-19-31)28-12-14-30(15-13-28)34(35)39-33-22-20-32(21-23-33)38-27(3)26-36-24-7-5-2/h12-23,27H,4-11,24-26H2,1-3H3/t27-/m1/s1. The molecule has 0 aliphatic carbocycles. The van der Waals surface area contributed by atoms with Crippen molar-refractivity contribution in [3.8, 4) is 28.4 Å². The van der Waals surface area contributed by atoms with Crippen LogP contribution < -0.4 is 14.2 Å². The van der Waals surface area contributed by atoms with Gasteiger partial charge in [0.2, 0.25) is 0 Å². The predicted molar refractivity (Wildman–Crippen MR) is 158 cm³/mol. The van der Waals surface area contributed by atoms with Gasteiger partial charge in [-0.1, -0.05) is 76.6 Å². The first-order valence-corrected chi connectivity index (χ1v) is 14.5. The fourth-order valence-electron chi connectivity index (χ4n) is 4.13. The summed E-state index contributed by atoms with van der Waals surface area (Å²) in [5.74, 6) is 1.68. The van der Waals surface area contributed by atoms with E-state index >= 15 is 0 Å². The molecule has 5 heteroatoms. The molecule has 0 saturated carbocycles. The molecular formula is C34H44O5. The van der Waals surface area contributed by atoms with Crippen LogP contribution in [0.4, 0.5) is 0 Å². The van der Waals surface area contributed by atoms with Crippen LogP contribution in [0.5, 0.6) is 17.2 Å². The molecule has 0 aromatic heterocycles. The van der Waals surface area contributed by atoms with Crippen molar-refractivity contribution >= 4 is 5.97 Å². The van der Waals surface area contributed by atoms with Crippen molar-refractivity contribution in [3.63, 3.8) is 0 Å². The number of rotatable bonds is 18. The van der Waals surface area contributed by atoms with Gasteiger partial charge in [0.1, 0.15) is 23.4 Å². The van der Waals surface area contributed by atoms with Gasteiger partial charge in [-0.05, 0) is 79.4 Å². The van der Waals surface area contributed by atoms with Crippen LogP contribution in [0.25, 0.3) is 11.1 Å². The molecule has 3 rings (SSSR count). The van der Waals surface area contributed by atoms with E-state index in [1.807, 2.05) is 43.3 Å². The Balaban J connectivity index is 1.43. The van der Waals surface area contributed by atoms with Crippen LogP contribution in [0.3, 0.4) is 0 Å². The largest absolute Gasteiger partial charge is 0.494 e. The molecule has 0 spiro atoms. The molecule has 0 radical (unpaired) electrons. The monoisotopic (exact) mass is 532 g/mol. The van der Waals surface area contributed by atoms with Crippen molar-refractivity contribution in [2.45, 2.75) is 78.2 Å². The second-order valence-corrected chi connectivity index (χ2v) is 9.94. The second kappa shape index (κ2) is 17.3. The molecule has 0 bridgehead atoms. The molecule has 0 heterocycles. The zero-order valence-corrected chi connectivity index (χ0v) is 23.8. The van der Waals surface area contributed by atoms with E-state index in [4.69, 9.17) is 18.9 Å². The zero-order chi connectivity index (χ0) is 27.7. The van der Waals surface area contributed by atoms with Gasteiger partial charge in [-0.15, -0.1) is 0 Å². The molecule has 5 nitrogen and oxygen atoms in total. The normalized spacial score (nSPS) is 11.7. The van der Waals surface area contributed by atoms with Crippen molar-refractivity contribution < 1.29 is 23.7 Å². The molecule has 3 aromatic rings. The number of hydrogen-bond donors (Lipinski definition) is 0. The van der Waals surface area contributed by atoms with E-state index in [1.165, 1.54) is 32.1 Å². The average molecular weight is 533 g/mol. The number of carbonyl (C=O) groups excluding carboxylic acids is 1. The number of esters is 1. The Hall–Kier alpha value is -3.31. The van der Waals surface area contributed by atoms with E-state index in [0.717, 1.165) is 49.4 Å². The van der Waals surface area contributed by atoms with Crippen LogP contribution in [0, 0.1) is 0 Å². The summed E-state index contributed by atoms with van der Waals surface area (Å²) in [6.07, 6.45) is 9.63. The van der Waals surface area contributed by atoms with Gasteiger partial charge in [-0.25, -0.2) is 4.79 Å². The number of ether oxygens (including phenoxy) is 4. The lowest BCUT2D eigenvalue weighted by Crippen LogP contribution is -2.19. The minimum absolute atomic E-state index is 0.0531. The number of benzene rings is 3. The Bertz CT molecular complexity index is 1070. The quantitative estimate of drug-likeness (QED) is 0.0930. The van der Waals surface area contributed by atoms with Crippen LogP contribution >= 0.6 is 0 Å². The van der Waals surface area contributed by atoms with E-state index in [-0.39, 0.29) is 6.10 Å². The maximum atomic E-state index is 12.7. The average Bonchev–Trinajstić information content (AvgIpc) is 2.96. The van der Waals surface area contributed by atoms with Gasteiger partial charge in [-0.3, -0.25) is 0 Å². The summed E-state index contributed by atoms with van der Waals surface area (Å²) in [5, 5.41) is 0. The van der Waals surface area contributed by atoms with Gasteiger partial charge in [0.05, 0.1) is 18.8 Å². The van der Waals surface area contributed by atoms with E-state index in [1.54, 1.807) is 36.4 Å². The summed E-state index contributed by atoms with van der Waals surface area (Å²) in [4.78, 5) is 12.7. The van der Waals surface area contributed by atoms with Gasteiger partial charge < -0.3 is 18.9 Å². The molecule has 39 heavy (non-hydrogen) atoms. The van der Waals surface area contributed by atoms with Gasteiger partial charge >= 0.3 is 5.97 Å². The van der Waals surface area contributed by atoms with Crippen molar-refractivity contribution in [2.75, 3.05) is 19.8 Å². The smallest absolute Gasteiger partial charge is 0.343 e. The third-order valence-electron chi connectivity index (χ3n) is 6.44. The fraction of sp³-hybridized carbons (Fsp3) is 0.441. The van der Waals surface area contributed by atoms with E-state index < -0.39 is 5.97 Å². The third kappa shape index (κ3) is 11.1. The number of carbonyl (C=O) groups is 1. The van der Waals surface area contributed by atoms with E-state index in [9.17, 15) is 4.79 Å². The van der Waals surface area contributed by atoms with Crippen molar-refractivity contribution in [1.82, 2.24) is 0 Å². The molecule has 210 valence electrons. The summed E-state index contributed by atoms with van der Waals surface area (Å²) in [6, 6.07) is 22.6. The lowest BCUT2D eigenvalue weighted by atomic mass is 10.0. The molecular weight excluding hydrogens is 488 g/mol. The summed E-state index contributed by atoms with van der Waals surface area (Å²) in [6.45, 7) is 8.40. The fourth-order valence-corrected chi connectivity index (χ4v) is 4.13. The minimum Gasteiger partial charge on any atom is -0.494 e. The van der Waals surface area contributed by atoms with Crippen molar-refractivity contribution in [2.24, 2.45) is 0 Å². The van der Waals surface area contributed by atoms with Crippen LogP contribution in [0.1, 0.15) is 82.5 Å². The SMILES string of the molecule is CCCCCCCCOc1ccc(-c2ccc(C(=O)Oc3ccc(O[C@H](C)COCCCC)cc3)cc2)cc1. The van der Waals surface area contributed by atoms with E-state index in [2.05, 4.69) is 13.8 Å². The lowest BCUT2D eigenvalue weighted by molar-refractivity contribution is 0.0571. The Morgan fingerprint density at radius 1 is 0.641 bits per heavy atom. The Labute approximate surface area is 234 Å². The Morgan fingerprint density at radius 2 is 1.21 bits per heavy atom. The van der Waals surface area contributed by atoms with E-state index in [0.29, 0.717) is 23.7 Å². The maximum absolute atomic E-state index is 12.7. The summed E-state index contributed by atoms with van der Waals surface area (Å²) >= 11 is 0. The maximum Gasteiger partial charge on any atom is 0.343 e. The highest BCUT2D eigenvalue weighted by atomic mass is 16.5. The first-order valence-electron chi connectivity index (χ1n) is 14.5. The lowest BCUT2D eigenvalue weighted by Gasteiger charge is -2.15. The topological polar surface area (TPSA) is 54.0 Å². The molecule has 0 saturated heterocycles. The summed E-state index contributed by atoms with van der Waals surface area (Å²) in [5.41, 5.74) is 2.60. The van der Waals surface area contributed by atoms with Crippen molar-refractivity contribution in [3.05, 3.63) is 78.4 Å². The van der Waals surface area contributed by atoms with Crippen molar-refractivity contribution in [1.29, 1.82) is 0 Å². The highest BCUT2D eigenvalue weighted by Gasteiger charge is 2.10. The highest BCUT2D eigenvalue weighted by Crippen LogP contribution is 2.24. The van der Waals surface area contributed by atoms with Gasteiger partial charge in [-0.2, -0.15) is 0 Å². The molecule has 0 aliphatic rings. The van der Waals surface area contributed by atoms with Crippen LogP contribution in [0.2, 0.25) is 0 Å². The van der Waals surface area contributed by atoms with Gasteiger partial charge in [0, 0.05) is 6.61 Å². The Kier molecular flexibility index (Phi) is 13.4. The van der Waals surface area contributed by atoms with Crippen LogP contribution in [-0.4, -0.2) is 31.9 Å². The number of hydrogen-bond acceptors (Lipinski definition) is 5. The summed E-state index contributed by atoms with van der Waals surface area (Å²) < 4.78 is 22.9. The zero-order valence-electron chi connectivity index (χ0n) is 23.8. The Morgan fingerprint density at radius 3 is 1.87 bits per heavy atom. The second-order valence-electron chi connectivity index (χ2n) is 9.94. The molecule has 0 fully saturated rings. The molecule has 1 atom stereocenters. The molecule has 0 N–H and O–H groups in total. The van der Waals surface area contributed by atoms with Gasteiger partial charge in [0.15, 0.2) is 0 Å². The van der Waals surface area contributed by atoms with Crippen LogP contribution in [0.15, 0.2) is 72.8 Å². The molecule has 0 unspecified atom stereocenters. The van der Waals surface area contributed by atoms with Gasteiger partial charge in [0.25, 0.3) is 0 Å². The first kappa shape index (κ1) is 30.2. The van der Waals surface area contributed by atoms with Crippen LogP contribution in [-0.2, 0) is 4.74 Å². The minimum atomic E-state index is -0.397. The first-order chi connectivity index (χ1) is 19.1. The summed E-state index contributed by atoms with van der Waals surface area (Å²) in [7, 11) is 0. The highest BCUT2D eigenvalue weighted by molar-refractivity contribution is 5.91. The third-order valence-corrected chi connectivity index (χ3v) is 6.44. The predicted octanol–water partition coefficient (Wildman–Crippen LogP) is 8.90. The molecule has 0 amide bonds. The molecule has 3 aromatic carbocycles. The molecule has 0 aliphatic heterocycles. The number of unbranched alkanes of at least 4 members (excludes halogenated alkanes) is 6.